The van der Waals surface area contributed by atoms with Crippen LogP contribution in [0.3, 0.4) is 0 Å². The lowest BCUT2D eigenvalue weighted by Crippen LogP contribution is -2.11. The van der Waals surface area contributed by atoms with E-state index >= 15 is 0 Å². The summed E-state index contributed by atoms with van der Waals surface area (Å²) < 4.78 is 5.16. The Morgan fingerprint density at radius 1 is 1.08 bits per heavy atom. The van der Waals surface area contributed by atoms with Gasteiger partial charge in [0.2, 0.25) is 0 Å². The highest BCUT2D eigenvalue weighted by molar-refractivity contribution is 7.09. The molecule has 4 N–H and O–H groups in total. The van der Waals surface area contributed by atoms with Crippen LogP contribution in [0.2, 0.25) is 0 Å². The number of methoxy groups -OCH3 is 1. The second-order valence-corrected chi connectivity index (χ2v) is 6.47. The lowest BCUT2D eigenvalue weighted by Gasteiger charge is -2.12. The molecule has 3 aromatic rings. The minimum absolute atomic E-state index is 0.530. The second-order valence-electron chi connectivity index (χ2n) is 5.44. The van der Waals surface area contributed by atoms with Crippen molar-refractivity contribution in [2.45, 2.75) is 13.0 Å². The van der Waals surface area contributed by atoms with Crippen LogP contribution in [0.4, 0.5) is 17.3 Å². The number of aromatic nitrogens is 2. The maximum Gasteiger partial charge on any atom is 0.155 e. The predicted octanol–water partition coefficient (Wildman–Crippen LogP) is 3.40. The smallest absolute Gasteiger partial charge is 0.155 e. The van der Waals surface area contributed by atoms with Crippen LogP contribution in [0.1, 0.15) is 10.4 Å². The van der Waals surface area contributed by atoms with Crippen LogP contribution >= 0.6 is 11.3 Å². The van der Waals surface area contributed by atoms with E-state index in [2.05, 4.69) is 38.1 Å². The van der Waals surface area contributed by atoms with Crippen LogP contribution in [0.5, 0.6) is 5.75 Å². The Morgan fingerprint density at radius 3 is 2.52 bits per heavy atom. The van der Waals surface area contributed by atoms with Crippen molar-refractivity contribution in [1.29, 1.82) is 0 Å². The quantitative estimate of drug-likeness (QED) is 0.574. The van der Waals surface area contributed by atoms with Crippen LogP contribution in [0, 0.1) is 0 Å². The Bertz CT molecular complexity index is 790. The van der Waals surface area contributed by atoms with E-state index in [0.29, 0.717) is 23.9 Å². The predicted molar refractivity (Wildman–Crippen MR) is 103 cm³/mol. The van der Waals surface area contributed by atoms with E-state index < -0.39 is 0 Å². The number of nitrogens with one attached hydrogen (secondary N) is 2. The number of ether oxygens (including phenoxy) is 1. The fourth-order valence-electron chi connectivity index (χ4n) is 2.37. The topological polar surface area (TPSA) is 85.1 Å². The van der Waals surface area contributed by atoms with Gasteiger partial charge in [-0.1, -0.05) is 18.2 Å². The number of anilines is 3. The van der Waals surface area contributed by atoms with Crippen LogP contribution in [-0.4, -0.2) is 23.6 Å². The van der Waals surface area contributed by atoms with E-state index in [9.17, 15) is 0 Å². The van der Waals surface area contributed by atoms with Crippen LogP contribution < -0.4 is 21.1 Å². The third-order valence-electron chi connectivity index (χ3n) is 3.75. The second kappa shape index (κ2) is 8.34. The lowest BCUT2D eigenvalue weighted by atomic mass is 10.2. The van der Waals surface area contributed by atoms with Crippen molar-refractivity contribution in [3.05, 3.63) is 58.5 Å². The molecule has 7 heteroatoms. The molecule has 0 saturated carbocycles. The van der Waals surface area contributed by atoms with Gasteiger partial charge in [-0.2, -0.15) is 0 Å². The van der Waals surface area contributed by atoms with Crippen LogP contribution in [0.25, 0.3) is 0 Å². The van der Waals surface area contributed by atoms with Gasteiger partial charge in [-0.25, -0.2) is 9.97 Å². The number of hydrogen-bond donors (Lipinski definition) is 3. The third-order valence-corrected chi connectivity index (χ3v) is 4.68. The standard InChI is InChI=1S/C18H21N5OS/c1-24-14-6-4-13(5-7-14)11-21-18-16(19)17(22-12-23-18)20-9-8-15-3-2-10-25-15/h2-7,10,12H,8-9,11,19H2,1H3,(H2,20,21,22,23). The van der Waals surface area contributed by atoms with Gasteiger partial charge < -0.3 is 21.1 Å². The van der Waals surface area contributed by atoms with Gasteiger partial charge in [0.05, 0.1) is 7.11 Å². The summed E-state index contributed by atoms with van der Waals surface area (Å²) in [7, 11) is 1.65. The fourth-order valence-corrected chi connectivity index (χ4v) is 3.07. The van der Waals surface area contributed by atoms with Gasteiger partial charge in [0, 0.05) is 18.0 Å². The molecule has 1 aromatic carbocycles. The van der Waals surface area contributed by atoms with Crippen molar-refractivity contribution in [3.63, 3.8) is 0 Å². The molecule has 6 nitrogen and oxygen atoms in total. The van der Waals surface area contributed by atoms with Gasteiger partial charge in [0.1, 0.15) is 17.8 Å². The molecule has 2 heterocycles. The Morgan fingerprint density at radius 2 is 1.84 bits per heavy atom. The molecule has 2 aromatic heterocycles. The van der Waals surface area contributed by atoms with Crippen molar-refractivity contribution < 1.29 is 4.74 Å². The summed E-state index contributed by atoms with van der Waals surface area (Å²) in [5.74, 6) is 2.12. The highest BCUT2D eigenvalue weighted by Gasteiger charge is 2.08. The number of nitrogen functional groups attached to an aromatic ring is 1. The summed E-state index contributed by atoms with van der Waals surface area (Å²) in [6.45, 7) is 1.40. The summed E-state index contributed by atoms with van der Waals surface area (Å²) in [5, 5.41) is 8.61. The number of nitrogens with zero attached hydrogens (tertiary/aromatic N) is 2. The molecule has 25 heavy (non-hydrogen) atoms. The van der Waals surface area contributed by atoms with Gasteiger partial charge in [0.15, 0.2) is 11.6 Å². The molecule has 0 unspecified atom stereocenters. The Labute approximate surface area is 151 Å². The van der Waals surface area contributed by atoms with Gasteiger partial charge >= 0.3 is 0 Å². The first-order chi connectivity index (χ1) is 12.3. The highest BCUT2D eigenvalue weighted by atomic mass is 32.1. The molecular weight excluding hydrogens is 334 g/mol. The molecule has 130 valence electrons. The monoisotopic (exact) mass is 355 g/mol. The van der Waals surface area contributed by atoms with E-state index in [1.807, 2.05) is 24.3 Å². The molecule has 0 radical (unpaired) electrons. The van der Waals surface area contributed by atoms with E-state index in [-0.39, 0.29) is 0 Å². The average molecular weight is 355 g/mol. The number of thiophene rings is 1. The Balaban J connectivity index is 1.57. The normalized spacial score (nSPS) is 10.4. The van der Waals surface area contributed by atoms with Crippen molar-refractivity contribution in [2.24, 2.45) is 0 Å². The molecular formula is C18H21N5OS. The molecule has 3 rings (SSSR count). The lowest BCUT2D eigenvalue weighted by molar-refractivity contribution is 0.414. The van der Waals surface area contributed by atoms with Gasteiger partial charge in [-0.15, -0.1) is 11.3 Å². The zero-order chi connectivity index (χ0) is 17.5. The zero-order valence-electron chi connectivity index (χ0n) is 14.0. The Hall–Kier alpha value is -2.80. The highest BCUT2D eigenvalue weighted by Crippen LogP contribution is 2.23. The number of rotatable bonds is 8. The fraction of sp³-hybridized carbons (Fsp3) is 0.222. The minimum Gasteiger partial charge on any atom is -0.497 e. The average Bonchev–Trinajstić information content (AvgIpc) is 3.16. The molecule has 0 saturated heterocycles. The molecule has 0 aliphatic carbocycles. The summed E-state index contributed by atoms with van der Waals surface area (Å²) >= 11 is 1.75. The number of nitrogens with two attached hydrogens (primary N) is 1. The van der Waals surface area contributed by atoms with E-state index in [1.54, 1.807) is 18.4 Å². The van der Waals surface area contributed by atoms with Crippen molar-refractivity contribution >= 4 is 28.7 Å². The summed E-state index contributed by atoms with van der Waals surface area (Å²) in [6, 6.07) is 12.0. The summed E-state index contributed by atoms with van der Waals surface area (Å²) in [6.07, 6.45) is 2.45. The maximum absolute atomic E-state index is 6.19. The number of hydrogen-bond acceptors (Lipinski definition) is 7. The van der Waals surface area contributed by atoms with Crippen molar-refractivity contribution in [2.75, 3.05) is 30.0 Å². The molecule has 0 atom stereocenters. The van der Waals surface area contributed by atoms with Gasteiger partial charge in [0.25, 0.3) is 0 Å². The third kappa shape index (κ3) is 4.60. The molecule has 0 bridgehead atoms. The Kier molecular flexibility index (Phi) is 5.69. The first-order valence-electron chi connectivity index (χ1n) is 8.00. The van der Waals surface area contributed by atoms with Crippen molar-refractivity contribution in [1.82, 2.24) is 9.97 Å². The SMILES string of the molecule is COc1ccc(CNc2ncnc(NCCc3cccs3)c2N)cc1. The molecule has 0 aliphatic rings. The molecule has 0 fully saturated rings. The molecule has 0 amide bonds. The maximum atomic E-state index is 6.19. The molecule has 0 aliphatic heterocycles. The molecule has 0 spiro atoms. The first-order valence-corrected chi connectivity index (χ1v) is 8.88. The van der Waals surface area contributed by atoms with Crippen molar-refractivity contribution in [3.8, 4) is 5.75 Å². The first kappa shape index (κ1) is 17.0. The van der Waals surface area contributed by atoms with Gasteiger partial charge in [-0.05, 0) is 35.6 Å². The summed E-state index contributed by atoms with van der Waals surface area (Å²) in [5.41, 5.74) is 7.83. The van der Waals surface area contributed by atoms with Crippen LogP contribution in [0.15, 0.2) is 48.1 Å². The zero-order valence-corrected chi connectivity index (χ0v) is 14.8. The van der Waals surface area contributed by atoms with Gasteiger partial charge in [-0.3, -0.25) is 0 Å². The van der Waals surface area contributed by atoms with E-state index in [0.717, 1.165) is 24.3 Å². The minimum atomic E-state index is 0.530. The summed E-state index contributed by atoms with van der Waals surface area (Å²) in [4.78, 5) is 9.80. The van der Waals surface area contributed by atoms with E-state index in [1.165, 1.54) is 11.2 Å². The van der Waals surface area contributed by atoms with Crippen LogP contribution in [-0.2, 0) is 13.0 Å². The largest absolute Gasteiger partial charge is 0.497 e. The van der Waals surface area contributed by atoms with E-state index in [4.69, 9.17) is 10.5 Å². The number of benzene rings is 1.